The van der Waals surface area contributed by atoms with Gasteiger partial charge in [-0.05, 0) is 24.3 Å². The molecule has 0 spiro atoms. The van der Waals surface area contributed by atoms with Crippen molar-refractivity contribution in [3.63, 3.8) is 0 Å². The van der Waals surface area contributed by atoms with Gasteiger partial charge in [-0.2, -0.15) is 4.31 Å². The summed E-state index contributed by atoms with van der Waals surface area (Å²) in [6, 6.07) is 5.92. The molecule has 0 aliphatic carbocycles. The first-order chi connectivity index (χ1) is 8.41. The summed E-state index contributed by atoms with van der Waals surface area (Å²) in [5.74, 6) is -0.0563. The van der Waals surface area contributed by atoms with Crippen molar-refractivity contribution in [2.75, 3.05) is 27.8 Å². The fraction of sp³-hybridized carbons (Fsp3) is 0.364. The molecule has 0 aliphatic rings. The van der Waals surface area contributed by atoms with Gasteiger partial charge in [-0.3, -0.25) is 4.79 Å². The minimum absolute atomic E-state index is 0.0923. The average molecular weight is 273 g/mol. The standard InChI is InChI=1S/C11H15NO5S/c1-12(8-11(13)17-3)18(14,15)10-6-4-9(16-2)5-7-10/h4-7H,8H2,1-3H3. The zero-order valence-corrected chi connectivity index (χ0v) is 11.2. The summed E-state index contributed by atoms with van der Waals surface area (Å²) in [6.07, 6.45) is 0. The lowest BCUT2D eigenvalue weighted by Gasteiger charge is -2.15. The fourth-order valence-electron chi connectivity index (χ4n) is 1.26. The minimum atomic E-state index is -3.69. The third-order valence-corrected chi connectivity index (χ3v) is 4.16. The van der Waals surface area contributed by atoms with Crippen molar-refractivity contribution in [1.29, 1.82) is 0 Å². The molecule has 1 aromatic carbocycles. The predicted molar refractivity (Wildman–Crippen MR) is 64.8 cm³/mol. The van der Waals surface area contributed by atoms with Crippen LogP contribution >= 0.6 is 0 Å². The van der Waals surface area contributed by atoms with Crippen LogP contribution in [0.3, 0.4) is 0 Å². The Morgan fingerprint density at radius 1 is 1.22 bits per heavy atom. The van der Waals surface area contributed by atoms with E-state index in [0.717, 1.165) is 4.31 Å². The molecular weight excluding hydrogens is 258 g/mol. The monoisotopic (exact) mass is 273 g/mol. The second kappa shape index (κ2) is 5.83. The number of esters is 1. The SMILES string of the molecule is COC(=O)CN(C)S(=O)(=O)c1ccc(OC)cc1. The van der Waals surface area contributed by atoms with Gasteiger partial charge in [-0.1, -0.05) is 0 Å². The number of benzene rings is 1. The lowest BCUT2D eigenvalue weighted by molar-refractivity contribution is -0.140. The molecule has 0 amide bonds. The van der Waals surface area contributed by atoms with Crippen LogP contribution in [0.5, 0.6) is 5.75 Å². The molecule has 18 heavy (non-hydrogen) atoms. The van der Waals surface area contributed by atoms with Crippen LogP contribution in [0.1, 0.15) is 0 Å². The Morgan fingerprint density at radius 3 is 2.22 bits per heavy atom. The number of hydrogen-bond acceptors (Lipinski definition) is 5. The normalized spacial score (nSPS) is 11.3. The van der Waals surface area contributed by atoms with Crippen LogP contribution < -0.4 is 4.74 Å². The van der Waals surface area contributed by atoms with E-state index in [1.54, 1.807) is 12.1 Å². The van der Waals surface area contributed by atoms with Crippen LogP contribution in [0.2, 0.25) is 0 Å². The third kappa shape index (κ3) is 3.21. The Kier molecular flexibility index (Phi) is 4.69. The largest absolute Gasteiger partial charge is 0.497 e. The zero-order chi connectivity index (χ0) is 13.8. The summed E-state index contributed by atoms with van der Waals surface area (Å²) in [4.78, 5) is 11.1. The van der Waals surface area contributed by atoms with E-state index in [0.29, 0.717) is 5.75 Å². The van der Waals surface area contributed by atoms with Crippen LogP contribution in [0, 0.1) is 0 Å². The molecule has 0 unspecified atom stereocenters. The number of likely N-dealkylation sites (N-methyl/N-ethyl adjacent to an activating group) is 1. The van der Waals surface area contributed by atoms with E-state index >= 15 is 0 Å². The van der Waals surface area contributed by atoms with Crippen LogP contribution in [0.4, 0.5) is 0 Å². The van der Waals surface area contributed by atoms with Gasteiger partial charge in [0.1, 0.15) is 12.3 Å². The van der Waals surface area contributed by atoms with Crippen molar-refractivity contribution in [2.24, 2.45) is 0 Å². The highest BCUT2D eigenvalue weighted by molar-refractivity contribution is 7.89. The first-order valence-corrected chi connectivity index (χ1v) is 6.53. The Balaban J connectivity index is 2.94. The van der Waals surface area contributed by atoms with E-state index in [4.69, 9.17) is 4.74 Å². The van der Waals surface area contributed by atoms with Gasteiger partial charge in [0.15, 0.2) is 0 Å². The molecule has 0 atom stereocenters. The molecule has 0 fully saturated rings. The molecule has 0 radical (unpaired) electrons. The molecule has 1 aromatic rings. The van der Waals surface area contributed by atoms with E-state index < -0.39 is 16.0 Å². The van der Waals surface area contributed by atoms with E-state index in [2.05, 4.69) is 4.74 Å². The summed E-state index contributed by atoms with van der Waals surface area (Å²) < 4.78 is 34.4. The van der Waals surface area contributed by atoms with Gasteiger partial charge in [0, 0.05) is 7.05 Å². The first kappa shape index (κ1) is 14.5. The summed E-state index contributed by atoms with van der Waals surface area (Å²) in [7, 11) is 0.321. The van der Waals surface area contributed by atoms with E-state index in [1.165, 1.54) is 33.4 Å². The van der Waals surface area contributed by atoms with Crippen LogP contribution in [0.15, 0.2) is 29.2 Å². The lowest BCUT2D eigenvalue weighted by Crippen LogP contribution is -2.32. The van der Waals surface area contributed by atoms with Crippen molar-refractivity contribution in [1.82, 2.24) is 4.31 Å². The second-order valence-corrected chi connectivity index (χ2v) is 5.56. The van der Waals surface area contributed by atoms with Gasteiger partial charge in [0.25, 0.3) is 0 Å². The average Bonchev–Trinajstić information content (AvgIpc) is 2.38. The molecule has 0 saturated heterocycles. The summed E-state index contributed by atoms with van der Waals surface area (Å²) in [5.41, 5.74) is 0. The van der Waals surface area contributed by atoms with Crippen LogP contribution in [-0.4, -0.2) is 46.5 Å². The number of carbonyl (C=O) groups excluding carboxylic acids is 1. The van der Waals surface area contributed by atoms with Gasteiger partial charge in [-0.25, -0.2) is 8.42 Å². The Bertz CT molecular complexity index is 509. The van der Waals surface area contributed by atoms with Gasteiger partial charge >= 0.3 is 5.97 Å². The Hall–Kier alpha value is -1.60. The number of hydrogen-bond donors (Lipinski definition) is 0. The Morgan fingerprint density at radius 2 is 1.78 bits per heavy atom. The first-order valence-electron chi connectivity index (χ1n) is 5.09. The molecule has 0 aromatic heterocycles. The van der Waals surface area contributed by atoms with Crippen LogP contribution in [-0.2, 0) is 19.6 Å². The summed E-state index contributed by atoms with van der Waals surface area (Å²) in [6.45, 7) is -0.329. The number of methoxy groups -OCH3 is 2. The molecule has 1 rings (SSSR count). The smallest absolute Gasteiger partial charge is 0.321 e. The molecule has 0 saturated carbocycles. The third-order valence-electron chi connectivity index (χ3n) is 2.35. The molecular formula is C11H15NO5S. The van der Waals surface area contributed by atoms with E-state index in [1.807, 2.05) is 0 Å². The zero-order valence-electron chi connectivity index (χ0n) is 10.4. The quantitative estimate of drug-likeness (QED) is 0.730. The highest BCUT2D eigenvalue weighted by Crippen LogP contribution is 2.18. The van der Waals surface area contributed by atoms with Crippen molar-refractivity contribution in [2.45, 2.75) is 4.90 Å². The number of sulfonamides is 1. The molecule has 0 N–H and O–H groups in total. The maximum Gasteiger partial charge on any atom is 0.321 e. The van der Waals surface area contributed by atoms with Gasteiger partial charge in [0.2, 0.25) is 10.0 Å². The summed E-state index contributed by atoms with van der Waals surface area (Å²) >= 11 is 0. The van der Waals surface area contributed by atoms with E-state index in [9.17, 15) is 13.2 Å². The molecule has 100 valence electrons. The molecule has 0 aliphatic heterocycles. The van der Waals surface area contributed by atoms with Crippen molar-refractivity contribution < 1.29 is 22.7 Å². The number of rotatable bonds is 5. The topological polar surface area (TPSA) is 72.9 Å². The maximum absolute atomic E-state index is 12.1. The fourth-order valence-corrected chi connectivity index (χ4v) is 2.37. The molecule has 6 nitrogen and oxygen atoms in total. The van der Waals surface area contributed by atoms with Gasteiger partial charge in [0.05, 0.1) is 19.1 Å². The minimum Gasteiger partial charge on any atom is -0.497 e. The number of ether oxygens (including phenoxy) is 2. The highest BCUT2D eigenvalue weighted by atomic mass is 32.2. The Labute approximate surface area is 106 Å². The molecule has 0 heterocycles. The number of carbonyl (C=O) groups is 1. The van der Waals surface area contributed by atoms with Crippen LogP contribution in [0.25, 0.3) is 0 Å². The lowest BCUT2D eigenvalue weighted by atomic mass is 10.3. The van der Waals surface area contributed by atoms with Gasteiger partial charge < -0.3 is 9.47 Å². The van der Waals surface area contributed by atoms with Gasteiger partial charge in [-0.15, -0.1) is 0 Å². The number of nitrogens with zero attached hydrogens (tertiary/aromatic N) is 1. The highest BCUT2D eigenvalue weighted by Gasteiger charge is 2.23. The van der Waals surface area contributed by atoms with Crippen molar-refractivity contribution in [3.05, 3.63) is 24.3 Å². The second-order valence-electron chi connectivity index (χ2n) is 3.51. The maximum atomic E-state index is 12.1. The van der Waals surface area contributed by atoms with Crippen molar-refractivity contribution >= 4 is 16.0 Å². The molecule has 0 bridgehead atoms. The van der Waals surface area contributed by atoms with E-state index in [-0.39, 0.29) is 11.4 Å². The van der Waals surface area contributed by atoms with Crippen molar-refractivity contribution in [3.8, 4) is 5.75 Å². The predicted octanol–water partition coefficient (Wildman–Crippen LogP) is 0.489. The molecule has 7 heteroatoms. The summed E-state index contributed by atoms with van der Waals surface area (Å²) in [5, 5.41) is 0.